The van der Waals surface area contributed by atoms with Gasteiger partial charge in [-0.3, -0.25) is 10.1 Å². The number of furan rings is 1. The minimum absolute atomic E-state index is 0.0294. The summed E-state index contributed by atoms with van der Waals surface area (Å²) in [5.41, 5.74) is 2.62. The van der Waals surface area contributed by atoms with Gasteiger partial charge in [0.2, 0.25) is 10.9 Å². The number of ether oxygens (including phenoxy) is 2. The lowest BCUT2D eigenvalue weighted by molar-refractivity contribution is -0.119. The molecule has 2 heterocycles. The van der Waals surface area contributed by atoms with E-state index in [-0.39, 0.29) is 12.4 Å². The standard InChI is InChI=1S/C15H13N3O5S/c1-21-6-10-9-4-2-3-5-11(9)23-13(10)14(20)22-7-12(19)17-15-18-16-8-24-15/h2-5,8H,6-7H2,1H3,(H,17,18,19). The van der Waals surface area contributed by atoms with E-state index in [9.17, 15) is 9.59 Å². The first-order valence-electron chi connectivity index (χ1n) is 6.91. The van der Waals surface area contributed by atoms with Crippen LogP contribution < -0.4 is 5.32 Å². The van der Waals surface area contributed by atoms with Crippen molar-refractivity contribution in [2.24, 2.45) is 0 Å². The number of para-hydroxylation sites is 1. The lowest BCUT2D eigenvalue weighted by Gasteiger charge is -2.04. The molecule has 1 amide bonds. The topological polar surface area (TPSA) is 104 Å². The number of benzene rings is 1. The van der Waals surface area contributed by atoms with E-state index >= 15 is 0 Å². The summed E-state index contributed by atoms with van der Waals surface area (Å²) in [4.78, 5) is 24.0. The Kier molecular flexibility index (Phi) is 4.82. The normalized spacial score (nSPS) is 10.7. The van der Waals surface area contributed by atoms with Gasteiger partial charge in [-0.1, -0.05) is 29.5 Å². The first-order chi connectivity index (χ1) is 11.7. The van der Waals surface area contributed by atoms with Crippen molar-refractivity contribution >= 4 is 39.3 Å². The molecule has 8 nitrogen and oxygen atoms in total. The van der Waals surface area contributed by atoms with Crippen LogP contribution in [0.25, 0.3) is 11.0 Å². The van der Waals surface area contributed by atoms with Crippen LogP contribution in [-0.2, 0) is 20.9 Å². The summed E-state index contributed by atoms with van der Waals surface area (Å²) in [6, 6.07) is 7.20. The molecule has 3 aromatic rings. The third-order valence-electron chi connectivity index (χ3n) is 3.11. The Morgan fingerprint density at radius 2 is 2.17 bits per heavy atom. The molecule has 0 radical (unpaired) electrons. The second-order valence-corrected chi connectivity index (χ2v) is 5.54. The van der Waals surface area contributed by atoms with E-state index < -0.39 is 18.5 Å². The number of nitrogens with one attached hydrogen (secondary N) is 1. The number of carbonyl (C=O) groups excluding carboxylic acids is 2. The van der Waals surface area contributed by atoms with Crippen LogP contribution in [0.2, 0.25) is 0 Å². The molecule has 2 aromatic heterocycles. The molecule has 24 heavy (non-hydrogen) atoms. The maximum absolute atomic E-state index is 12.2. The zero-order valence-electron chi connectivity index (χ0n) is 12.6. The van der Waals surface area contributed by atoms with Crippen molar-refractivity contribution in [3.05, 3.63) is 41.1 Å². The number of fused-ring (bicyclic) bond motifs is 1. The fourth-order valence-electron chi connectivity index (χ4n) is 2.13. The highest BCUT2D eigenvalue weighted by Gasteiger charge is 2.22. The van der Waals surface area contributed by atoms with Crippen LogP contribution in [0.3, 0.4) is 0 Å². The van der Waals surface area contributed by atoms with Gasteiger partial charge in [0.15, 0.2) is 6.61 Å². The van der Waals surface area contributed by atoms with Crippen molar-refractivity contribution in [1.82, 2.24) is 10.2 Å². The highest BCUT2D eigenvalue weighted by molar-refractivity contribution is 7.13. The summed E-state index contributed by atoms with van der Waals surface area (Å²) in [6.45, 7) is -0.264. The molecule has 0 bridgehead atoms. The largest absolute Gasteiger partial charge is 0.450 e. The van der Waals surface area contributed by atoms with Crippen molar-refractivity contribution in [2.45, 2.75) is 6.61 Å². The summed E-state index contributed by atoms with van der Waals surface area (Å²) in [5.74, 6) is -1.21. The summed E-state index contributed by atoms with van der Waals surface area (Å²) >= 11 is 1.16. The van der Waals surface area contributed by atoms with E-state index in [1.54, 1.807) is 12.1 Å². The van der Waals surface area contributed by atoms with Gasteiger partial charge in [-0.05, 0) is 6.07 Å². The van der Waals surface area contributed by atoms with Gasteiger partial charge in [0.25, 0.3) is 5.91 Å². The number of carbonyl (C=O) groups is 2. The van der Waals surface area contributed by atoms with Crippen molar-refractivity contribution in [3.8, 4) is 0 Å². The van der Waals surface area contributed by atoms with Crippen LogP contribution in [0.1, 0.15) is 16.1 Å². The highest BCUT2D eigenvalue weighted by atomic mass is 32.1. The molecule has 3 rings (SSSR count). The first kappa shape index (κ1) is 16.1. The number of hydrogen-bond donors (Lipinski definition) is 1. The van der Waals surface area contributed by atoms with Gasteiger partial charge in [-0.15, -0.1) is 10.2 Å². The lowest BCUT2D eigenvalue weighted by atomic mass is 10.1. The number of anilines is 1. The van der Waals surface area contributed by atoms with E-state index in [4.69, 9.17) is 13.9 Å². The average Bonchev–Trinajstić information content (AvgIpc) is 3.21. The molecular weight excluding hydrogens is 334 g/mol. The summed E-state index contributed by atoms with van der Waals surface area (Å²) in [6.07, 6.45) is 0. The zero-order chi connectivity index (χ0) is 16.9. The Balaban J connectivity index is 1.71. The number of hydrogen-bond acceptors (Lipinski definition) is 8. The quantitative estimate of drug-likeness (QED) is 0.682. The van der Waals surface area contributed by atoms with E-state index in [0.29, 0.717) is 16.3 Å². The Hall–Kier alpha value is -2.78. The van der Waals surface area contributed by atoms with Crippen molar-refractivity contribution in [3.63, 3.8) is 0 Å². The number of aromatic nitrogens is 2. The first-order valence-corrected chi connectivity index (χ1v) is 7.79. The Bertz CT molecular complexity index is 859. The fourth-order valence-corrected chi connectivity index (χ4v) is 2.59. The Morgan fingerprint density at radius 1 is 1.33 bits per heavy atom. The van der Waals surface area contributed by atoms with Gasteiger partial charge in [0.1, 0.15) is 11.1 Å². The molecular formula is C15H13N3O5S. The predicted molar refractivity (Wildman–Crippen MR) is 85.7 cm³/mol. The SMILES string of the molecule is COCc1c(C(=O)OCC(=O)Nc2nncs2)oc2ccccc12. The Morgan fingerprint density at radius 3 is 2.92 bits per heavy atom. The van der Waals surface area contributed by atoms with Crippen LogP contribution in [0.5, 0.6) is 0 Å². The number of methoxy groups -OCH3 is 1. The maximum atomic E-state index is 12.2. The van der Waals surface area contributed by atoms with Gasteiger partial charge < -0.3 is 13.9 Å². The zero-order valence-corrected chi connectivity index (χ0v) is 13.5. The molecule has 0 spiro atoms. The third kappa shape index (κ3) is 3.42. The van der Waals surface area contributed by atoms with Gasteiger partial charge >= 0.3 is 5.97 Å². The average molecular weight is 347 g/mol. The summed E-state index contributed by atoms with van der Waals surface area (Å²) in [7, 11) is 1.52. The number of esters is 1. The summed E-state index contributed by atoms with van der Waals surface area (Å²) in [5, 5.41) is 10.8. The summed E-state index contributed by atoms with van der Waals surface area (Å²) < 4.78 is 15.7. The molecule has 0 fully saturated rings. The molecule has 124 valence electrons. The minimum Gasteiger partial charge on any atom is -0.450 e. The number of nitrogens with zero attached hydrogens (tertiary/aromatic N) is 2. The molecule has 0 unspecified atom stereocenters. The van der Waals surface area contributed by atoms with Crippen LogP contribution in [-0.4, -0.2) is 35.8 Å². The molecule has 1 aromatic carbocycles. The van der Waals surface area contributed by atoms with E-state index in [1.165, 1.54) is 12.6 Å². The molecule has 0 atom stereocenters. The number of amides is 1. The van der Waals surface area contributed by atoms with E-state index in [2.05, 4.69) is 15.5 Å². The molecule has 0 saturated heterocycles. The van der Waals surface area contributed by atoms with Gasteiger partial charge in [0.05, 0.1) is 6.61 Å². The minimum atomic E-state index is -0.731. The molecule has 1 N–H and O–H groups in total. The molecule has 0 aliphatic rings. The smallest absolute Gasteiger partial charge is 0.375 e. The molecule has 0 aliphatic carbocycles. The second-order valence-electron chi connectivity index (χ2n) is 4.71. The lowest BCUT2D eigenvalue weighted by Crippen LogP contribution is -2.21. The third-order valence-corrected chi connectivity index (χ3v) is 3.72. The monoisotopic (exact) mass is 347 g/mol. The van der Waals surface area contributed by atoms with Crippen molar-refractivity contribution < 1.29 is 23.5 Å². The molecule has 0 saturated carbocycles. The van der Waals surface area contributed by atoms with Gasteiger partial charge in [-0.25, -0.2) is 4.79 Å². The predicted octanol–water partition coefficient (Wildman–Crippen LogP) is 2.23. The second kappa shape index (κ2) is 7.20. The molecule has 9 heteroatoms. The van der Waals surface area contributed by atoms with E-state index in [1.807, 2.05) is 12.1 Å². The Labute approximate surface area is 140 Å². The van der Waals surface area contributed by atoms with Crippen LogP contribution in [0, 0.1) is 0 Å². The van der Waals surface area contributed by atoms with Gasteiger partial charge in [0, 0.05) is 18.1 Å². The number of rotatable bonds is 6. The van der Waals surface area contributed by atoms with Crippen LogP contribution in [0.4, 0.5) is 5.13 Å². The van der Waals surface area contributed by atoms with Crippen LogP contribution >= 0.6 is 11.3 Å². The van der Waals surface area contributed by atoms with Crippen molar-refractivity contribution in [1.29, 1.82) is 0 Å². The van der Waals surface area contributed by atoms with Crippen molar-refractivity contribution in [2.75, 3.05) is 19.0 Å². The highest BCUT2D eigenvalue weighted by Crippen LogP contribution is 2.27. The fraction of sp³-hybridized carbons (Fsp3) is 0.200. The maximum Gasteiger partial charge on any atom is 0.375 e. The van der Waals surface area contributed by atoms with Crippen LogP contribution in [0.15, 0.2) is 34.2 Å². The van der Waals surface area contributed by atoms with Gasteiger partial charge in [-0.2, -0.15) is 0 Å². The molecule has 0 aliphatic heterocycles. The van der Waals surface area contributed by atoms with E-state index in [0.717, 1.165) is 16.7 Å².